The summed E-state index contributed by atoms with van der Waals surface area (Å²) in [4.78, 5) is 0. The Morgan fingerprint density at radius 3 is 2.53 bits per heavy atom. The fourth-order valence-electron chi connectivity index (χ4n) is 1.31. The molecule has 0 unspecified atom stereocenters. The third-order valence-electron chi connectivity index (χ3n) is 2.41. The average molecular weight is 266 g/mol. The van der Waals surface area contributed by atoms with Gasteiger partial charge in [-0.3, -0.25) is 0 Å². The van der Waals surface area contributed by atoms with Crippen LogP contribution in [-0.2, 0) is 14.8 Å². The van der Waals surface area contributed by atoms with Crippen LogP contribution in [0.15, 0.2) is 0 Å². The maximum Gasteiger partial charge on any atom is 0.213 e. The van der Waals surface area contributed by atoms with E-state index < -0.39 is 10.0 Å². The van der Waals surface area contributed by atoms with E-state index in [1.54, 1.807) is 7.05 Å². The SMILES string of the molecule is CCCNCCCS(=O)(=O)N(C)CCOCC. The molecule has 17 heavy (non-hydrogen) atoms. The van der Waals surface area contributed by atoms with Crippen LogP contribution in [0.2, 0.25) is 0 Å². The van der Waals surface area contributed by atoms with Crippen molar-refractivity contribution >= 4 is 10.0 Å². The number of ether oxygens (including phenoxy) is 1. The molecule has 0 aliphatic carbocycles. The fourth-order valence-corrected chi connectivity index (χ4v) is 2.49. The highest BCUT2D eigenvalue weighted by atomic mass is 32.2. The maximum absolute atomic E-state index is 11.8. The number of hydrogen-bond donors (Lipinski definition) is 1. The predicted octanol–water partition coefficient (Wildman–Crippen LogP) is 0.674. The lowest BCUT2D eigenvalue weighted by Gasteiger charge is -2.16. The van der Waals surface area contributed by atoms with Gasteiger partial charge in [-0.25, -0.2) is 12.7 Å². The first-order valence-corrected chi connectivity index (χ1v) is 7.88. The van der Waals surface area contributed by atoms with Crippen LogP contribution in [0, 0.1) is 0 Å². The van der Waals surface area contributed by atoms with Crippen molar-refractivity contribution in [3.05, 3.63) is 0 Å². The van der Waals surface area contributed by atoms with Gasteiger partial charge < -0.3 is 10.1 Å². The number of nitrogens with zero attached hydrogens (tertiary/aromatic N) is 1. The van der Waals surface area contributed by atoms with E-state index in [-0.39, 0.29) is 5.75 Å². The Morgan fingerprint density at radius 1 is 1.24 bits per heavy atom. The Bertz CT molecular complexity index is 268. The van der Waals surface area contributed by atoms with Gasteiger partial charge >= 0.3 is 0 Å². The second-order valence-corrected chi connectivity index (χ2v) is 6.13. The zero-order valence-electron chi connectivity index (χ0n) is 11.2. The molecule has 0 aliphatic rings. The highest BCUT2D eigenvalue weighted by molar-refractivity contribution is 7.89. The first kappa shape index (κ1) is 16.8. The minimum absolute atomic E-state index is 0.201. The van der Waals surface area contributed by atoms with Crippen molar-refractivity contribution in [1.29, 1.82) is 0 Å². The van der Waals surface area contributed by atoms with Crippen LogP contribution in [0.3, 0.4) is 0 Å². The minimum Gasteiger partial charge on any atom is -0.380 e. The van der Waals surface area contributed by atoms with E-state index >= 15 is 0 Å². The summed E-state index contributed by atoms with van der Waals surface area (Å²) in [5.41, 5.74) is 0. The molecule has 0 aromatic carbocycles. The zero-order chi connectivity index (χ0) is 13.1. The van der Waals surface area contributed by atoms with Crippen LogP contribution in [-0.4, -0.2) is 58.4 Å². The third kappa shape index (κ3) is 8.54. The Kier molecular flexibility index (Phi) is 9.72. The molecular formula is C11H26N2O3S. The van der Waals surface area contributed by atoms with E-state index in [1.165, 1.54) is 4.31 Å². The highest BCUT2D eigenvalue weighted by Crippen LogP contribution is 1.99. The third-order valence-corrected chi connectivity index (χ3v) is 4.35. The van der Waals surface area contributed by atoms with Gasteiger partial charge in [0.2, 0.25) is 10.0 Å². The zero-order valence-corrected chi connectivity index (χ0v) is 12.1. The van der Waals surface area contributed by atoms with Crippen LogP contribution in [0.4, 0.5) is 0 Å². The van der Waals surface area contributed by atoms with Gasteiger partial charge in [0, 0.05) is 20.2 Å². The van der Waals surface area contributed by atoms with Gasteiger partial charge in [-0.15, -0.1) is 0 Å². The highest BCUT2D eigenvalue weighted by Gasteiger charge is 2.16. The average Bonchev–Trinajstić information content (AvgIpc) is 2.29. The second kappa shape index (κ2) is 9.82. The molecule has 0 spiro atoms. The minimum atomic E-state index is -3.11. The first-order valence-electron chi connectivity index (χ1n) is 6.27. The molecule has 0 saturated carbocycles. The molecule has 0 rings (SSSR count). The quantitative estimate of drug-likeness (QED) is 0.559. The number of sulfonamides is 1. The number of rotatable bonds is 11. The van der Waals surface area contributed by atoms with Gasteiger partial charge in [0.25, 0.3) is 0 Å². The molecule has 0 aromatic rings. The summed E-state index contributed by atoms with van der Waals surface area (Å²) in [6.45, 7) is 7.19. The summed E-state index contributed by atoms with van der Waals surface area (Å²) in [5.74, 6) is 0.201. The summed E-state index contributed by atoms with van der Waals surface area (Å²) in [5, 5.41) is 3.19. The van der Waals surface area contributed by atoms with Crippen molar-refractivity contribution in [2.75, 3.05) is 45.6 Å². The summed E-state index contributed by atoms with van der Waals surface area (Å²) < 4.78 is 30.1. The van der Waals surface area contributed by atoms with Gasteiger partial charge in [-0.2, -0.15) is 0 Å². The smallest absolute Gasteiger partial charge is 0.213 e. The van der Waals surface area contributed by atoms with Gasteiger partial charge in [0.15, 0.2) is 0 Å². The molecule has 5 nitrogen and oxygen atoms in total. The van der Waals surface area contributed by atoms with E-state index in [0.717, 1.165) is 19.5 Å². The molecule has 0 atom stereocenters. The van der Waals surface area contributed by atoms with Crippen molar-refractivity contribution in [2.24, 2.45) is 0 Å². The van der Waals surface area contributed by atoms with Gasteiger partial charge in [-0.05, 0) is 32.9 Å². The first-order chi connectivity index (χ1) is 8.04. The van der Waals surface area contributed by atoms with Gasteiger partial charge in [0.05, 0.1) is 12.4 Å². The molecule has 0 bridgehead atoms. The van der Waals surface area contributed by atoms with Crippen LogP contribution in [0.5, 0.6) is 0 Å². The van der Waals surface area contributed by atoms with Crippen LogP contribution in [0.1, 0.15) is 26.7 Å². The molecule has 0 heterocycles. The van der Waals surface area contributed by atoms with Crippen molar-refractivity contribution in [2.45, 2.75) is 26.7 Å². The van der Waals surface area contributed by atoms with Crippen LogP contribution < -0.4 is 5.32 Å². The molecule has 1 N–H and O–H groups in total. The van der Waals surface area contributed by atoms with E-state index in [9.17, 15) is 8.42 Å². The van der Waals surface area contributed by atoms with E-state index in [0.29, 0.717) is 26.2 Å². The maximum atomic E-state index is 11.8. The molecule has 0 fully saturated rings. The lowest BCUT2D eigenvalue weighted by atomic mass is 10.4. The van der Waals surface area contributed by atoms with Gasteiger partial charge in [-0.1, -0.05) is 6.92 Å². The largest absolute Gasteiger partial charge is 0.380 e. The summed E-state index contributed by atoms with van der Waals surface area (Å²) in [6.07, 6.45) is 1.72. The van der Waals surface area contributed by atoms with Crippen LogP contribution >= 0.6 is 0 Å². The lowest BCUT2D eigenvalue weighted by molar-refractivity contribution is 0.138. The monoisotopic (exact) mass is 266 g/mol. The number of likely N-dealkylation sites (N-methyl/N-ethyl adjacent to an activating group) is 1. The van der Waals surface area contributed by atoms with Crippen molar-refractivity contribution in [3.63, 3.8) is 0 Å². The second-order valence-electron chi connectivity index (χ2n) is 3.94. The normalized spacial score (nSPS) is 12.2. The standard InChI is InChI=1S/C11H26N2O3S/c1-4-7-12-8-6-11-17(14,15)13(3)9-10-16-5-2/h12H,4-11H2,1-3H3. The molecule has 0 amide bonds. The Labute approximate surface area is 106 Å². The predicted molar refractivity (Wildman–Crippen MR) is 70.7 cm³/mol. The Balaban J connectivity index is 3.77. The number of hydrogen-bond acceptors (Lipinski definition) is 4. The molecule has 0 saturated heterocycles. The van der Waals surface area contributed by atoms with Gasteiger partial charge in [0.1, 0.15) is 0 Å². The van der Waals surface area contributed by atoms with E-state index in [2.05, 4.69) is 12.2 Å². The summed E-state index contributed by atoms with van der Waals surface area (Å²) >= 11 is 0. The molecule has 0 aromatic heterocycles. The Morgan fingerprint density at radius 2 is 1.94 bits per heavy atom. The van der Waals surface area contributed by atoms with E-state index in [4.69, 9.17) is 4.74 Å². The van der Waals surface area contributed by atoms with Crippen molar-refractivity contribution in [1.82, 2.24) is 9.62 Å². The molecule has 0 radical (unpaired) electrons. The van der Waals surface area contributed by atoms with Crippen molar-refractivity contribution < 1.29 is 13.2 Å². The fraction of sp³-hybridized carbons (Fsp3) is 1.00. The summed E-state index contributed by atoms with van der Waals surface area (Å²) in [7, 11) is -1.51. The van der Waals surface area contributed by atoms with Crippen molar-refractivity contribution in [3.8, 4) is 0 Å². The molecular weight excluding hydrogens is 240 g/mol. The topological polar surface area (TPSA) is 58.6 Å². The molecule has 6 heteroatoms. The van der Waals surface area contributed by atoms with E-state index in [1.807, 2.05) is 6.92 Å². The molecule has 104 valence electrons. The number of nitrogens with one attached hydrogen (secondary N) is 1. The Hall–Kier alpha value is -0.170. The summed E-state index contributed by atoms with van der Waals surface area (Å²) in [6, 6.07) is 0. The lowest BCUT2D eigenvalue weighted by Crippen LogP contribution is -2.33. The molecule has 0 aliphatic heterocycles. The van der Waals surface area contributed by atoms with Crippen LogP contribution in [0.25, 0.3) is 0 Å².